The Hall–Kier alpha value is -3.17. The SMILES string of the molecule is O=C(O)C=Cc1ccc(C(F)(F)Oc2ccc(OCCC(F)(F)F)cc2F)cc1. The summed E-state index contributed by atoms with van der Waals surface area (Å²) in [6.45, 7) is -0.748. The van der Waals surface area contributed by atoms with Crippen LogP contribution in [0.5, 0.6) is 11.5 Å². The third kappa shape index (κ3) is 7.05. The highest BCUT2D eigenvalue weighted by molar-refractivity contribution is 5.85. The monoisotopic (exact) mass is 420 g/mol. The van der Waals surface area contributed by atoms with Crippen molar-refractivity contribution in [3.8, 4) is 11.5 Å². The van der Waals surface area contributed by atoms with Crippen molar-refractivity contribution >= 4 is 12.0 Å². The molecule has 2 rings (SSSR count). The lowest BCUT2D eigenvalue weighted by Gasteiger charge is -2.19. The summed E-state index contributed by atoms with van der Waals surface area (Å²) in [5.74, 6) is -3.54. The molecule has 0 unspecified atom stereocenters. The van der Waals surface area contributed by atoms with E-state index in [2.05, 4.69) is 4.74 Å². The molecule has 4 nitrogen and oxygen atoms in total. The van der Waals surface area contributed by atoms with Crippen molar-refractivity contribution in [2.24, 2.45) is 0 Å². The van der Waals surface area contributed by atoms with Gasteiger partial charge in [-0.05, 0) is 35.9 Å². The van der Waals surface area contributed by atoms with Crippen LogP contribution in [0.15, 0.2) is 48.5 Å². The second-order valence-electron chi connectivity index (χ2n) is 5.72. The molecule has 0 aliphatic rings. The quantitative estimate of drug-likeness (QED) is 0.460. The zero-order valence-electron chi connectivity index (χ0n) is 14.6. The molecule has 0 atom stereocenters. The summed E-state index contributed by atoms with van der Waals surface area (Å²) in [6.07, 6.45) is -7.58. The normalized spacial score (nSPS) is 12.2. The van der Waals surface area contributed by atoms with Crippen LogP contribution in [0.3, 0.4) is 0 Å². The van der Waals surface area contributed by atoms with E-state index in [1.165, 1.54) is 18.2 Å². The fourth-order valence-corrected chi connectivity index (χ4v) is 2.09. The number of ether oxygens (including phenoxy) is 2. The van der Waals surface area contributed by atoms with Gasteiger partial charge in [0, 0.05) is 12.1 Å². The van der Waals surface area contributed by atoms with E-state index in [0.29, 0.717) is 11.6 Å². The van der Waals surface area contributed by atoms with E-state index in [0.717, 1.165) is 30.3 Å². The summed E-state index contributed by atoms with van der Waals surface area (Å²) in [5, 5.41) is 8.53. The highest BCUT2D eigenvalue weighted by Gasteiger charge is 2.35. The molecular formula is C19H14F6O4. The van der Waals surface area contributed by atoms with Gasteiger partial charge in [0.1, 0.15) is 5.75 Å². The molecule has 0 saturated heterocycles. The minimum Gasteiger partial charge on any atom is -0.493 e. The molecular weight excluding hydrogens is 406 g/mol. The molecule has 1 N–H and O–H groups in total. The lowest BCUT2D eigenvalue weighted by Crippen LogP contribution is -2.22. The molecule has 0 saturated carbocycles. The van der Waals surface area contributed by atoms with E-state index in [1.807, 2.05) is 0 Å². The van der Waals surface area contributed by atoms with Crippen LogP contribution in [0, 0.1) is 5.82 Å². The molecule has 10 heteroatoms. The maximum Gasteiger partial charge on any atom is 0.426 e. The first-order valence-corrected chi connectivity index (χ1v) is 8.04. The maximum absolute atomic E-state index is 14.2. The van der Waals surface area contributed by atoms with E-state index in [1.54, 1.807) is 0 Å². The van der Waals surface area contributed by atoms with Crippen molar-refractivity contribution < 1.29 is 45.7 Å². The van der Waals surface area contributed by atoms with Crippen LogP contribution in [0.25, 0.3) is 6.08 Å². The molecule has 0 aliphatic carbocycles. The van der Waals surface area contributed by atoms with Crippen molar-refractivity contribution in [2.45, 2.75) is 18.7 Å². The van der Waals surface area contributed by atoms with Gasteiger partial charge in [0.25, 0.3) is 0 Å². The van der Waals surface area contributed by atoms with Crippen LogP contribution in [-0.2, 0) is 10.9 Å². The number of aliphatic carboxylic acids is 1. The number of rotatable bonds is 8. The molecule has 2 aromatic rings. The predicted molar refractivity (Wildman–Crippen MR) is 90.2 cm³/mol. The molecule has 2 aromatic carbocycles. The van der Waals surface area contributed by atoms with E-state index >= 15 is 0 Å². The van der Waals surface area contributed by atoms with Gasteiger partial charge in [-0.3, -0.25) is 0 Å². The van der Waals surface area contributed by atoms with Crippen molar-refractivity contribution in [2.75, 3.05) is 6.61 Å². The lowest BCUT2D eigenvalue weighted by molar-refractivity contribution is -0.187. The molecule has 0 aromatic heterocycles. The lowest BCUT2D eigenvalue weighted by atomic mass is 10.1. The Morgan fingerprint density at radius 1 is 1.03 bits per heavy atom. The van der Waals surface area contributed by atoms with Gasteiger partial charge < -0.3 is 14.6 Å². The largest absolute Gasteiger partial charge is 0.493 e. The fraction of sp³-hybridized carbons (Fsp3) is 0.211. The van der Waals surface area contributed by atoms with Gasteiger partial charge in [-0.25, -0.2) is 9.18 Å². The molecule has 0 radical (unpaired) electrons. The van der Waals surface area contributed by atoms with Gasteiger partial charge in [-0.1, -0.05) is 12.1 Å². The average Bonchev–Trinajstić information content (AvgIpc) is 2.61. The second kappa shape index (κ2) is 8.89. The van der Waals surface area contributed by atoms with Gasteiger partial charge in [-0.15, -0.1) is 0 Å². The predicted octanol–water partition coefficient (Wildman–Crippen LogP) is 5.38. The van der Waals surface area contributed by atoms with Crippen LogP contribution in [0.1, 0.15) is 17.5 Å². The number of halogens is 6. The van der Waals surface area contributed by atoms with Gasteiger partial charge >= 0.3 is 18.3 Å². The Morgan fingerprint density at radius 2 is 1.69 bits per heavy atom. The van der Waals surface area contributed by atoms with E-state index in [4.69, 9.17) is 9.84 Å². The number of carbonyl (C=O) groups is 1. The van der Waals surface area contributed by atoms with Gasteiger partial charge in [-0.2, -0.15) is 22.0 Å². The third-order valence-electron chi connectivity index (χ3n) is 3.46. The summed E-state index contributed by atoms with van der Waals surface area (Å²) in [6, 6.07) is 6.87. The number of alkyl halides is 5. The Kier molecular flexibility index (Phi) is 6.78. The smallest absolute Gasteiger partial charge is 0.426 e. The highest BCUT2D eigenvalue weighted by Crippen LogP contribution is 2.34. The fourth-order valence-electron chi connectivity index (χ4n) is 2.09. The van der Waals surface area contributed by atoms with Crippen molar-refractivity contribution in [3.63, 3.8) is 0 Å². The molecule has 0 aliphatic heterocycles. The summed E-state index contributed by atoms with van der Waals surface area (Å²) in [4.78, 5) is 10.4. The van der Waals surface area contributed by atoms with Crippen LogP contribution in [0.4, 0.5) is 26.3 Å². The summed E-state index contributed by atoms with van der Waals surface area (Å²) in [7, 11) is 0. The van der Waals surface area contributed by atoms with E-state index in [-0.39, 0.29) is 5.75 Å². The number of carboxylic acids is 1. The number of carboxylic acid groups (broad SMARTS) is 1. The molecule has 0 spiro atoms. The zero-order chi connectivity index (χ0) is 21.7. The molecule has 0 fully saturated rings. The van der Waals surface area contributed by atoms with Crippen molar-refractivity contribution in [1.29, 1.82) is 0 Å². The standard InChI is InChI=1S/C19H14F6O4/c20-15-11-14(28-10-9-18(21,22)23)6-7-16(15)29-19(24,25)13-4-1-12(2-5-13)3-8-17(26)27/h1-8,11H,9-10H2,(H,26,27). The van der Waals surface area contributed by atoms with Crippen molar-refractivity contribution in [3.05, 3.63) is 65.5 Å². The maximum atomic E-state index is 14.2. The number of hydrogen-bond donors (Lipinski definition) is 1. The zero-order valence-corrected chi connectivity index (χ0v) is 14.6. The first kappa shape index (κ1) is 22.1. The topological polar surface area (TPSA) is 55.8 Å². The molecule has 29 heavy (non-hydrogen) atoms. The number of hydrogen-bond acceptors (Lipinski definition) is 3. The summed E-state index contributed by atoms with van der Waals surface area (Å²) >= 11 is 0. The minimum absolute atomic E-state index is 0.267. The van der Waals surface area contributed by atoms with Gasteiger partial charge in [0.2, 0.25) is 0 Å². The third-order valence-corrected chi connectivity index (χ3v) is 3.46. The molecule has 0 amide bonds. The van der Waals surface area contributed by atoms with E-state index in [9.17, 15) is 31.1 Å². The van der Waals surface area contributed by atoms with Crippen LogP contribution >= 0.6 is 0 Å². The Balaban J connectivity index is 2.06. The van der Waals surface area contributed by atoms with Gasteiger partial charge in [0.05, 0.1) is 18.6 Å². The Labute approximate surface area is 161 Å². The molecule has 0 bridgehead atoms. The molecule has 156 valence electrons. The summed E-state index contributed by atoms with van der Waals surface area (Å²) in [5.41, 5.74) is -0.270. The van der Waals surface area contributed by atoms with Gasteiger partial charge in [0.15, 0.2) is 11.6 Å². The Morgan fingerprint density at radius 3 is 2.24 bits per heavy atom. The second-order valence-corrected chi connectivity index (χ2v) is 5.72. The van der Waals surface area contributed by atoms with Crippen molar-refractivity contribution in [1.82, 2.24) is 0 Å². The molecule has 0 heterocycles. The summed E-state index contributed by atoms with van der Waals surface area (Å²) < 4.78 is 87.8. The highest BCUT2D eigenvalue weighted by atomic mass is 19.4. The van der Waals surface area contributed by atoms with Crippen LogP contribution in [-0.4, -0.2) is 23.9 Å². The first-order valence-electron chi connectivity index (χ1n) is 8.04. The van der Waals surface area contributed by atoms with E-state index < -0.39 is 48.4 Å². The number of benzene rings is 2. The first-order chi connectivity index (χ1) is 13.5. The van der Waals surface area contributed by atoms with Crippen LogP contribution < -0.4 is 9.47 Å². The van der Waals surface area contributed by atoms with Crippen LogP contribution in [0.2, 0.25) is 0 Å². The Bertz CT molecular complexity index is 875. The average molecular weight is 420 g/mol. The minimum atomic E-state index is -4.44.